The molecule has 0 amide bonds. The van der Waals surface area contributed by atoms with Gasteiger partial charge in [-0.25, -0.2) is 0 Å². The Bertz CT molecular complexity index is 322. The molecular formula is C16H29BN. The molecule has 0 saturated heterocycles. The Morgan fingerprint density at radius 1 is 1.22 bits per heavy atom. The molecule has 0 bridgehead atoms. The molecule has 101 valence electrons. The van der Waals surface area contributed by atoms with Crippen molar-refractivity contribution in [3.05, 3.63) is 11.3 Å². The maximum atomic E-state index is 5.62. The van der Waals surface area contributed by atoms with Crippen molar-refractivity contribution >= 4 is 13.6 Å². The summed E-state index contributed by atoms with van der Waals surface area (Å²) >= 11 is 0. The first-order valence-electron chi connectivity index (χ1n) is 7.17. The Morgan fingerprint density at radius 3 is 2.06 bits per heavy atom. The van der Waals surface area contributed by atoms with Gasteiger partial charge in [0.05, 0.1) is 0 Å². The molecule has 1 atom stereocenters. The average molecular weight is 246 g/mol. The van der Waals surface area contributed by atoms with Crippen LogP contribution in [0.1, 0.15) is 67.2 Å². The van der Waals surface area contributed by atoms with Crippen LogP contribution in [0.2, 0.25) is 0 Å². The van der Waals surface area contributed by atoms with E-state index in [0.717, 1.165) is 0 Å². The number of rotatable bonds is 4. The van der Waals surface area contributed by atoms with E-state index in [0.29, 0.717) is 11.3 Å². The minimum absolute atomic E-state index is 0.265. The fourth-order valence-electron chi connectivity index (χ4n) is 2.62. The molecule has 1 saturated carbocycles. The van der Waals surface area contributed by atoms with E-state index in [1.165, 1.54) is 31.4 Å². The summed E-state index contributed by atoms with van der Waals surface area (Å²) in [6.07, 6.45) is 6.61. The monoisotopic (exact) mass is 246 g/mol. The second-order valence-corrected chi connectivity index (χ2v) is 7.87. The van der Waals surface area contributed by atoms with E-state index < -0.39 is 0 Å². The number of allylic oxidation sites excluding steroid dienone is 2. The SMILES string of the molecule is [B]=CNC(=C1CCC1)C(CC(C)(C)C)C(C)(C)C. The molecular weight excluding hydrogens is 217 g/mol. The van der Waals surface area contributed by atoms with Crippen LogP contribution in [0.3, 0.4) is 0 Å². The van der Waals surface area contributed by atoms with Gasteiger partial charge in [0.15, 0.2) is 0 Å². The van der Waals surface area contributed by atoms with Crippen LogP contribution in [-0.4, -0.2) is 13.6 Å². The summed E-state index contributed by atoms with van der Waals surface area (Å²) in [4.78, 5) is 0. The Labute approximate surface area is 115 Å². The quantitative estimate of drug-likeness (QED) is 0.738. The van der Waals surface area contributed by atoms with Gasteiger partial charge in [0.1, 0.15) is 0 Å². The summed E-state index contributed by atoms with van der Waals surface area (Å²) in [6, 6.07) is 0. The Balaban J connectivity index is 3.03. The summed E-state index contributed by atoms with van der Waals surface area (Å²) in [5.74, 6) is 0.549. The van der Waals surface area contributed by atoms with E-state index in [4.69, 9.17) is 7.49 Å². The first-order chi connectivity index (χ1) is 8.15. The van der Waals surface area contributed by atoms with Crippen LogP contribution in [0.4, 0.5) is 0 Å². The van der Waals surface area contributed by atoms with Crippen molar-refractivity contribution in [2.24, 2.45) is 16.7 Å². The van der Waals surface area contributed by atoms with Gasteiger partial charge in [0.2, 0.25) is 0 Å². The molecule has 0 spiro atoms. The Hall–Kier alpha value is -0.525. The topological polar surface area (TPSA) is 12.0 Å². The molecule has 1 nitrogen and oxygen atoms in total. The van der Waals surface area contributed by atoms with Gasteiger partial charge in [-0.1, -0.05) is 0 Å². The van der Waals surface area contributed by atoms with E-state index in [-0.39, 0.29) is 5.41 Å². The molecule has 0 aromatic rings. The first-order valence-corrected chi connectivity index (χ1v) is 7.17. The van der Waals surface area contributed by atoms with Crippen LogP contribution in [-0.2, 0) is 0 Å². The molecule has 0 aromatic carbocycles. The molecule has 1 rings (SSSR count). The van der Waals surface area contributed by atoms with Gasteiger partial charge in [-0.3, -0.25) is 0 Å². The molecule has 0 heterocycles. The molecule has 1 fully saturated rings. The molecule has 1 N–H and O–H groups in total. The van der Waals surface area contributed by atoms with Gasteiger partial charge in [-0.15, -0.1) is 0 Å². The second kappa shape index (κ2) is 5.63. The first kappa shape index (κ1) is 15.5. The van der Waals surface area contributed by atoms with Crippen molar-refractivity contribution in [1.29, 1.82) is 0 Å². The summed E-state index contributed by atoms with van der Waals surface area (Å²) in [6.45, 7) is 14.0. The molecule has 1 aliphatic carbocycles. The minimum atomic E-state index is 0.265. The van der Waals surface area contributed by atoms with Crippen LogP contribution in [0.25, 0.3) is 0 Å². The zero-order chi connectivity index (χ0) is 14.0. The molecule has 18 heavy (non-hydrogen) atoms. The Morgan fingerprint density at radius 2 is 1.78 bits per heavy atom. The van der Waals surface area contributed by atoms with Crippen LogP contribution in [0, 0.1) is 16.7 Å². The van der Waals surface area contributed by atoms with Gasteiger partial charge in [0.25, 0.3) is 0 Å². The number of hydrogen-bond acceptors (Lipinski definition) is 1. The predicted molar refractivity (Wildman–Crippen MR) is 82.8 cm³/mol. The van der Waals surface area contributed by atoms with Crippen molar-refractivity contribution in [3.8, 4) is 0 Å². The van der Waals surface area contributed by atoms with Crippen molar-refractivity contribution in [3.63, 3.8) is 0 Å². The predicted octanol–water partition coefficient (Wildman–Crippen LogP) is 4.04. The summed E-state index contributed by atoms with van der Waals surface area (Å²) in [7, 11) is 5.62. The molecule has 2 heteroatoms. The zero-order valence-corrected chi connectivity index (χ0v) is 13.1. The fraction of sp³-hybridized carbons (Fsp3) is 0.812. The van der Waals surface area contributed by atoms with Crippen molar-refractivity contribution < 1.29 is 0 Å². The van der Waals surface area contributed by atoms with Crippen molar-refractivity contribution in [1.82, 2.24) is 5.32 Å². The molecule has 0 aliphatic heterocycles. The van der Waals surface area contributed by atoms with E-state index in [9.17, 15) is 0 Å². The van der Waals surface area contributed by atoms with E-state index in [1.807, 2.05) is 0 Å². The van der Waals surface area contributed by atoms with Crippen LogP contribution >= 0.6 is 0 Å². The number of nitrogens with one attached hydrogen (secondary N) is 1. The summed E-state index contributed by atoms with van der Waals surface area (Å²) < 4.78 is 0. The zero-order valence-electron chi connectivity index (χ0n) is 13.1. The molecule has 1 aliphatic rings. The van der Waals surface area contributed by atoms with E-state index in [2.05, 4.69) is 46.9 Å². The van der Waals surface area contributed by atoms with Crippen molar-refractivity contribution in [2.45, 2.75) is 67.2 Å². The van der Waals surface area contributed by atoms with Gasteiger partial charge in [-0.2, -0.15) is 0 Å². The molecule has 1 radical (unpaired) electrons. The van der Waals surface area contributed by atoms with Gasteiger partial charge in [-0.05, 0) is 0 Å². The van der Waals surface area contributed by atoms with E-state index in [1.54, 1.807) is 11.7 Å². The fourth-order valence-corrected chi connectivity index (χ4v) is 2.62. The average Bonchev–Trinajstić information content (AvgIpc) is 2.07. The van der Waals surface area contributed by atoms with Crippen LogP contribution in [0.15, 0.2) is 11.3 Å². The maximum absolute atomic E-state index is 5.62. The van der Waals surface area contributed by atoms with Crippen LogP contribution in [0.5, 0.6) is 0 Å². The molecule has 0 aromatic heterocycles. The normalized spacial score (nSPS) is 17.9. The van der Waals surface area contributed by atoms with Crippen molar-refractivity contribution in [2.75, 3.05) is 0 Å². The number of hydrogen-bond donors (Lipinski definition) is 1. The Kier molecular flexibility index (Phi) is 4.86. The summed E-state index contributed by atoms with van der Waals surface area (Å²) in [5, 5.41) is 3.35. The van der Waals surface area contributed by atoms with E-state index >= 15 is 0 Å². The third kappa shape index (κ3) is 4.30. The second-order valence-electron chi connectivity index (χ2n) is 7.87. The van der Waals surface area contributed by atoms with Gasteiger partial charge in [0, 0.05) is 0 Å². The van der Waals surface area contributed by atoms with Crippen LogP contribution < -0.4 is 5.32 Å². The molecule has 1 unspecified atom stereocenters. The summed E-state index contributed by atoms with van der Waals surface area (Å²) in [5.41, 5.74) is 3.58. The third-order valence-corrected chi connectivity index (χ3v) is 3.79. The van der Waals surface area contributed by atoms with Gasteiger partial charge < -0.3 is 0 Å². The third-order valence-electron chi connectivity index (χ3n) is 3.79. The standard InChI is InChI=1S/C16H29BN/c1-15(2,3)10-13(16(4,5)6)14(18-11-17)12-8-7-9-12/h11,13,18H,7-10H2,1-6H3. The van der Waals surface area contributed by atoms with Gasteiger partial charge >= 0.3 is 114 Å².